The molecule has 0 unspecified atom stereocenters. The Kier molecular flexibility index (Phi) is 4.63. The first kappa shape index (κ1) is 17.2. The zero-order chi connectivity index (χ0) is 17.3. The molecule has 124 valence electrons. The number of para-hydroxylation sites is 1. The summed E-state index contributed by atoms with van der Waals surface area (Å²) < 4.78 is 30.6. The van der Waals surface area contributed by atoms with E-state index >= 15 is 0 Å². The van der Waals surface area contributed by atoms with Crippen molar-refractivity contribution in [3.8, 4) is 0 Å². The number of rotatable bonds is 4. The number of hydrogen-bond acceptors (Lipinski definition) is 4. The molecule has 1 heterocycles. The molecule has 0 radical (unpaired) electrons. The van der Waals surface area contributed by atoms with Crippen molar-refractivity contribution in [3.05, 3.63) is 47.7 Å². The lowest BCUT2D eigenvalue weighted by molar-refractivity contribution is 0.0991. The number of nitrogens with one attached hydrogen (secondary N) is 2. The highest BCUT2D eigenvalue weighted by Gasteiger charge is 2.22. The molecule has 23 heavy (non-hydrogen) atoms. The fourth-order valence-corrected chi connectivity index (χ4v) is 2.77. The van der Waals surface area contributed by atoms with Crippen LogP contribution in [0.3, 0.4) is 0 Å². The fraction of sp³-hybridized carbons (Fsp3) is 0.312. The van der Waals surface area contributed by atoms with Crippen LogP contribution >= 0.6 is 0 Å². The Morgan fingerprint density at radius 2 is 1.74 bits per heavy atom. The average Bonchev–Trinajstić information content (AvgIpc) is 2.97. The van der Waals surface area contributed by atoms with Gasteiger partial charge >= 0.3 is 0 Å². The smallest absolute Gasteiger partial charge is 0.291 e. The molecule has 0 aliphatic heterocycles. The second-order valence-corrected chi connectivity index (χ2v) is 7.89. The van der Waals surface area contributed by atoms with E-state index in [9.17, 15) is 13.2 Å². The Morgan fingerprint density at radius 1 is 1.09 bits per heavy atom. The maximum Gasteiger partial charge on any atom is 0.291 e. The lowest BCUT2D eigenvalue weighted by atomic mass is 9.86. The minimum Gasteiger partial charge on any atom is -0.438 e. The summed E-state index contributed by atoms with van der Waals surface area (Å²) in [4.78, 5) is 12.3. The van der Waals surface area contributed by atoms with Gasteiger partial charge in [-0.05, 0) is 36.2 Å². The normalized spacial score (nSPS) is 12.2. The number of sulfonamides is 1. The van der Waals surface area contributed by atoms with Crippen molar-refractivity contribution in [3.63, 3.8) is 0 Å². The van der Waals surface area contributed by atoms with E-state index in [0.29, 0.717) is 5.69 Å². The number of carbonyl (C=O) groups excluding carboxylic acids is 1. The van der Waals surface area contributed by atoms with Crippen LogP contribution in [0.1, 0.15) is 36.9 Å². The fourth-order valence-electron chi connectivity index (χ4n) is 2.12. The molecule has 0 bridgehead atoms. The largest absolute Gasteiger partial charge is 0.438 e. The van der Waals surface area contributed by atoms with E-state index in [1.807, 2.05) is 39.0 Å². The van der Waals surface area contributed by atoms with Crippen molar-refractivity contribution in [1.29, 1.82) is 0 Å². The van der Waals surface area contributed by atoms with Gasteiger partial charge in [0.05, 0.1) is 0 Å². The van der Waals surface area contributed by atoms with E-state index in [1.165, 1.54) is 19.2 Å². The van der Waals surface area contributed by atoms with Crippen LogP contribution in [0.15, 0.2) is 45.9 Å². The summed E-state index contributed by atoms with van der Waals surface area (Å²) in [6.45, 7) is 6.13. The Bertz CT molecular complexity index is 817. The Labute approximate surface area is 135 Å². The number of benzene rings is 1. The standard InChI is InChI=1S/C16H20N2O4S/c1-16(2,3)11-7-5-6-8-12(11)18-15(19)13-9-10-14(22-13)23(20,21)17-4/h5-10,17H,1-4H3,(H,18,19). The van der Waals surface area contributed by atoms with Crippen molar-refractivity contribution in [2.75, 3.05) is 12.4 Å². The molecule has 0 aliphatic rings. The van der Waals surface area contributed by atoms with Gasteiger partial charge in [0.1, 0.15) is 0 Å². The van der Waals surface area contributed by atoms with E-state index in [-0.39, 0.29) is 16.3 Å². The summed E-state index contributed by atoms with van der Waals surface area (Å²) >= 11 is 0. The molecule has 2 N–H and O–H groups in total. The first-order chi connectivity index (χ1) is 10.6. The molecular formula is C16H20N2O4S. The second-order valence-electron chi connectivity index (χ2n) is 6.08. The van der Waals surface area contributed by atoms with Crippen LogP contribution in [-0.4, -0.2) is 21.4 Å². The highest BCUT2D eigenvalue weighted by molar-refractivity contribution is 7.89. The highest BCUT2D eigenvalue weighted by Crippen LogP contribution is 2.29. The molecule has 2 rings (SSSR count). The van der Waals surface area contributed by atoms with E-state index in [2.05, 4.69) is 10.0 Å². The maximum atomic E-state index is 12.3. The molecule has 0 saturated carbocycles. The van der Waals surface area contributed by atoms with E-state index in [4.69, 9.17) is 4.42 Å². The van der Waals surface area contributed by atoms with Crippen molar-refractivity contribution in [1.82, 2.24) is 4.72 Å². The van der Waals surface area contributed by atoms with Crippen LogP contribution < -0.4 is 10.0 Å². The molecular weight excluding hydrogens is 316 g/mol. The maximum absolute atomic E-state index is 12.3. The zero-order valence-electron chi connectivity index (χ0n) is 13.5. The third-order valence-corrected chi connectivity index (χ3v) is 4.61. The molecule has 0 spiro atoms. The predicted octanol–water partition coefficient (Wildman–Crippen LogP) is 2.74. The molecule has 7 heteroatoms. The quantitative estimate of drug-likeness (QED) is 0.898. The van der Waals surface area contributed by atoms with Gasteiger partial charge in [0.2, 0.25) is 5.09 Å². The van der Waals surface area contributed by atoms with Crippen molar-refractivity contribution < 1.29 is 17.6 Å². The van der Waals surface area contributed by atoms with E-state index in [1.54, 1.807) is 6.07 Å². The molecule has 0 aliphatic carbocycles. The predicted molar refractivity (Wildman–Crippen MR) is 88.0 cm³/mol. The summed E-state index contributed by atoms with van der Waals surface area (Å²) in [5, 5.41) is 2.47. The summed E-state index contributed by atoms with van der Waals surface area (Å²) in [5.74, 6) is -0.568. The Hall–Kier alpha value is -2.12. The van der Waals surface area contributed by atoms with Crippen molar-refractivity contribution in [2.24, 2.45) is 0 Å². The van der Waals surface area contributed by atoms with Crippen LogP contribution in [0.2, 0.25) is 0 Å². The van der Waals surface area contributed by atoms with Gasteiger partial charge in [0.15, 0.2) is 5.76 Å². The van der Waals surface area contributed by atoms with Crippen LogP contribution in [0, 0.1) is 0 Å². The average molecular weight is 336 g/mol. The molecule has 0 fully saturated rings. The third-order valence-electron chi connectivity index (χ3n) is 3.32. The topological polar surface area (TPSA) is 88.4 Å². The highest BCUT2D eigenvalue weighted by atomic mass is 32.2. The minimum atomic E-state index is -3.71. The summed E-state index contributed by atoms with van der Waals surface area (Å²) in [6.07, 6.45) is 0. The van der Waals surface area contributed by atoms with Crippen molar-refractivity contribution >= 4 is 21.6 Å². The molecule has 1 aromatic carbocycles. The molecule has 1 aromatic heterocycles. The number of hydrogen-bond donors (Lipinski definition) is 2. The Morgan fingerprint density at radius 3 is 2.35 bits per heavy atom. The lowest BCUT2D eigenvalue weighted by Crippen LogP contribution is -2.19. The van der Waals surface area contributed by atoms with Gasteiger partial charge < -0.3 is 9.73 Å². The molecule has 2 aromatic rings. The SMILES string of the molecule is CNS(=O)(=O)c1ccc(C(=O)Nc2ccccc2C(C)(C)C)o1. The van der Waals surface area contributed by atoms with Gasteiger partial charge in [0, 0.05) is 5.69 Å². The Balaban J connectivity index is 2.28. The van der Waals surface area contributed by atoms with Gasteiger partial charge in [-0.2, -0.15) is 0 Å². The van der Waals surface area contributed by atoms with Gasteiger partial charge in [-0.15, -0.1) is 0 Å². The molecule has 1 amide bonds. The lowest BCUT2D eigenvalue weighted by Gasteiger charge is -2.22. The molecule has 0 saturated heterocycles. The zero-order valence-corrected chi connectivity index (χ0v) is 14.3. The molecule has 0 atom stereocenters. The van der Waals surface area contributed by atoms with Crippen LogP contribution in [0.4, 0.5) is 5.69 Å². The molecule has 6 nitrogen and oxygen atoms in total. The second kappa shape index (κ2) is 6.17. The van der Waals surface area contributed by atoms with E-state index < -0.39 is 15.9 Å². The number of anilines is 1. The van der Waals surface area contributed by atoms with Crippen LogP contribution in [0.5, 0.6) is 0 Å². The van der Waals surface area contributed by atoms with Gasteiger partial charge in [-0.3, -0.25) is 4.79 Å². The summed E-state index contributed by atoms with van der Waals surface area (Å²) in [7, 11) is -2.44. The monoisotopic (exact) mass is 336 g/mol. The van der Waals surface area contributed by atoms with Crippen LogP contribution in [0.25, 0.3) is 0 Å². The van der Waals surface area contributed by atoms with Gasteiger partial charge in [-0.1, -0.05) is 39.0 Å². The number of amides is 1. The van der Waals surface area contributed by atoms with Crippen LogP contribution in [-0.2, 0) is 15.4 Å². The van der Waals surface area contributed by atoms with Gasteiger partial charge in [0.25, 0.3) is 15.9 Å². The number of furan rings is 1. The summed E-state index contributed by atoms with van der Waals surface area (Å²) in [6, 6.07) is 10.0. The minimum absolute atomic E-state index is 0.0671. The third kappa shape index (κ3) is 3.80. The summed E-state index contributed by atoms with van der Waals surface area (Å²) in [5.41, 5.74) is 1.50. The van der Waals surface area contributed by atoms with Crippen molar-refractivity contribution in [2.45, 2.75) is 31.3 Å². The van der Waals surface area contributed by atoms with Gasteiger partial charge in [-0.25, -0.2) is 13.1 Å². The van der Waals surface area contributed by atoms with E-state index in [0.717, 1.165) is 5.56 Å². The first-order valence-electron chi connectivity index (χ1n) is 7.09. The first-order valence-corrected chi connectivity index (χ1v) is 8.58. The number of carbonyl (C=O) groups is 1.